The first kappa shape index (κ1) is 43.1. The molecule has 4 aliphatic heterocycles. The van der Waals surface area contributed by atoms with Crippen molar-refractivity contribution < 1.29 is 57.8 Å². The number of phenols is 1. The third kappa shape index (κ3) is 8.36. The number of thioether (sulfide) groups is 1. The molecule has 0 aromatic heterocycles. The van der Waals surface area contributed by atoms with Gasteiger partial charge in [0.2, 0.25) is 10.6 Å². The van der Waals surface area contributed by atoms with E-state index < -0.39 is 76.8 Å². The summed E-state index contributed by atoms with van der Waals surface area (Å²) in [5, 5.41) is 36.2. The van der Waals surface area contributed by atoms with Crippen LogP contribution in [-0.4, -0.2) is 118 Å². The average Bonchev–Trinajstić information content (AvgIpc) is 3.67. The topological polar surface area (TPSA) is 199 Å². The first-order valence-electron chi connectivity index (χ1n) is 17.9. The van der Waals surface area contributed by atoms with Crippen LogP contribution in [0.3, 0.4) is 0 Å². The number of methoxy groups -OCH3 is 1. The first-order chi connectivity index (χ1) is 27.6. The maximum atomic E-state index is 14.1. The number of alkyl halides is 3. The van der Waals surface area contributed by atoms with Gasteiger partial charge < -0.3 is 48.7 Å². The highest BCUT2D eigenvalue weighted by Crippen LogP contribution is 2.60. The third-order valence-electron chi connectivity index (χ3n) is 10.1. The summed E-state index contributed by atoms with van der Waals surface area (Å²) in [6.45, 7) is 9.64. The summed E-state index contributed by atoms with van der Waals surface area (Å²) in [4.78, 5) is 43.5. The number of hydrogen-bond acceptors (Lipinski definition) is 15. The lowest BCUT2D eigenvalue weighted by molar-refractivity contribution is -0.161. The van der Waals surface area contributed by atoms with Gasteiger partial charge in [-0.15, -0.1) is 11.8 Å². The van der Waals surface area contributed by atoms with Gasteiger partial charge in [-0.05, 0) is 37.5 Å². The number of carbonyl (C=O) groups excluding carboxylic acids is 3. The molecule has 1 unspecified atom stereocenters. The second-order valence-corrected chi connectivity index (χ2v) is 17.4. The fourth-order valence-corrected chi connectivity index (χ4v) is 9.57. The molecule has 7 atom stereocenters. The van der Waals surface area contributed by atoms with Crippen LogP contribution in [0.1, 0.15) is 39.1 Å². The van der Waals surface area contributed by atoms with Crippen LogP contribution in [0, 0.1) is 25.2 Å². The van der Waals surface area contributed by atoms with Crippen LogP contribution in [0.5, 0.6) is 28.7 Å². The maximum absolute atomic E-state index is 14.1. The number of aliphatic hydroxyl groups is 1. The molecule has 6 rings (SSSR count). The smallest absolute Gasteiger partial charge is 0.412 e. The van der Waals surface area contributed by atoms with E-state index in [1.807, 2.05) is 0 Å². The van der Waals surface area contributed by atoms with Gasteiger partial charge in [0.15, 0.2) is 23.0 Å². The minimum absolute atomic E-state index is 0.0428. The van der Waals surface area contributed by atoms with Crippen LogP contribution in [-0.2, 0) is 25.4 Å². The van der Waals surface area contributed by atoms with Crippen molar-refractivity contribution in [1.82, 2.24) is 15.1 Å². The number of aromatic hydroxyl groups is 1. The molecule has 0 radical (unpaired) electrons. The molecular weight excluding hydrogens is 843 g/mol. The lowest BCUT2D eigenvalue weighted by Crippen LogP contribution is -2.72. The number of amides is 2. The van der Waals surface area contributed by atoms with Crippen LogP contribution in [0.25, 0.3) is 0 Å². The Hall–Kier alpha value is -4.44. The van der Waals surface area contributed by atoms with Gasteiger partial charge in [-0.25, -0.2) is 14.4 Å². The van der Waals surface area contributed by atoms with Crippen molar-refractivity contribution in [1.29, 1.82) is 5.26 Å². The van der Waals surface area contributed by atoms with Gasteiger partial charge in [-0.2, -0.15) is 5.26 Å². The van der Waals surface area contributed by atoms with E-state index in [2.05, 4.69) is 24.5 Å². The Balaban J connectivity index is 1.54. The highest BCUT2D eigenvalue weighted by atomic mass is 35.6. The number of nitrogens with one attached hydrogen (secondary N) is 1. The Labute approximate surface area is 353 Å². The number of rotatable bonds is 10. The van der Waals surface area contributed by atoms with E-state index in [4.69, 9.17) is 68.0 Å². The molecule has 58 heavy (non-hydrogen) atoms. The van der Waals surface area contributed by atoms with Crippen LogP contribution < -0.4 is 24.3 Å². The van der Waals surface area contributed by atoms with Crippen LogP contribution in [0.15, 0.2) is 37.4 Å². The Morgan fingerprint density at radius 3 is 2.48 bits per heavy atom. The van der Waals surface area contributed by atoms with E-state index >= 15 is 0 Å². The quantitative estimate of drug-likeness (QED) is 0.120. The van der Waals surface area contributed by atoms with Gasteiger partial charge in [-0.1, -0.05) is 66.2 Å². The zero-order chi connectivity index (χ0) is 42.1. The number of fused-ring (bicyclic) bond motifs is 5. The first-order valence-corrected chi connectivity index (χ1v) is 20.1. The summed E-state index contributed by atoms with van der Waals surface area (Å²) in [5.74, 6) is 0.162. The zero-order valence-corrected chi connectivity index (χ0v) is 34.7. The molecule has 20 heteroatoms. The SMILES string of the molecule is C=CCOC(=O)N1C(O)[C@@H]2[C@@H]3SC[C@H](NC(=O)OCC(Cl)(Cl)Cl)C(=O)OC[C@@H](c4c5c(c(C)c(OCC=C)c43)OCO5)N2[C@@H](C#N)[C@@H]1Cc1cc(C)c(OC)c(O)c1. The second kappa shape index (κ2) is 17.8. The van der Waals surface area contributed by atoms with E-state index in [9.17, 15) is 29.9 Å². The molecule has 16 nitrogen and oxygen atoms in total. The molecule has 0 spiro atoms. The van der Waals surface area contributed by atoms with Crippen molar-refractivity contribution in [2.75, 3.05) is 46.1 Å². The lowest BCUT2D eigenvalue weighted by Gasteiger charge is -2.58. The number of aliphatic hydroxyl groups excluding tert-OH is 1. The van der Waals surface area contributed by atoms with Crippen molar-refractivity contribution >= 4 is 64.7 Å². The molecule has 4 aliphatic rings. The maximum Gasteiger partial charge on any atom is 0.412 e. The molecule has 312 valence electrons. The second-order valence-electron chi connectivity index (χ2n) is 13.7. The molecule has 4 heterocycles. The summed E-state index contributed by atoms with van der Waals surface area (Å²) in [7, 11) is 1.42. The largest absolute Gasteiger partial charge is 0.504 e. The molecule has 0 saturated carbocycles. The normalized spacial score (nSPS) is 25.0. The Morgan fingerprint density at radius 2 is 1.83 bits per heavy atom. The Bertz CT molecular complexity index is 1990. The number of alkyl carbamates (subject to hydrolysis) is 1. The fourth-order valence-electron chi connectivity index (χ4n) is 7.91. The minimum Gasteiger partial charge on any atom is -0.504 e. The fraction of sp³-hybridized carbons (Fsp3) is 0.474. The van der Waals surface area contributed by atoms with Crippen molar-refractivity contribution in [3.8, 4) is 34.8 Å². The van der Waals surface area contributed by atoms with Gasteiger partial charge in [-0.3, -0.25) is 9.80 Å². The Morgan fingerprint density at radius 1 is 1.10 bits per heavy atom. The van der Waals surface area contributed by atoms with Crippen LogP contribution in [0.4, 0.5) is 9.59 Å². The van der Waals surface area contributed by atoms with Gasteiger partial charge in [0.1, 0.15) is 50.5 Å². The highest BCUT2D eigenvalue weighted by molar-refractivity contribution is 7.99. The molecule has 2 aromatic carbocycles. The van der Waals surface area contributed by atoms with E-state index in [-0.39, 0.29) is 43.7 Å². The Kier molecular flexibility index (Phi) is 13.3. The van der Waals surface area contributed by atoms with E-state index in [0.717, 1.165) is 16.7 Å². The number of ether oxygens (including phenoxy) is 7. The molecule has 2 aromatic rings. The number of cyclic esters (lactones) is 1. The molecule has 0 aliphatic carbocycles. The molecular formula is C38H41Cl3N4O12S. The number of esters is 1. The van der Waals surface area contributed by atoms with E-state index in [1.165, 1.54) is 19.3 Å². The van der Waals surface area contributed by atoms with Crippen molar-refractivity contribution in [3.05, 3.63) is 65.3 Å². The summed E-state index contributed by atoms with van der Waals surface area (Å²) in [5.41, 5.74) is 2.69. The van der Waals surface area contributed by atoms with Crippen molar-refractivity contribution in [2.24, 2.45) is 0 Å². The summed E-state index contributed by atoms with van der Waals surface area (Å²) in [6.07, 6.45) is -0.791. The number of aryl methyl sites for hydroxylation is 1. The number of phenolic OH excluding ortho intramolecular Hbond substituents is 1. The molecule has 2 saturated heterocycles. The standard InChI is InChI=1S/C38H41Cl3N4O12S/c1-6-8-52-30-19(4)31-32(57-17-56-31)26-24-14-54-35(48)21(43-36(49)55-16-38(39,40)41)15-58-33(27(26)30)28-34(47)45(37(50)53-9-7-2)22(23(13-42)44(24)28)11-20-10-18(3)29(51-5)25(46)12-20/h6-7,10,12,21-24,28,33-34,46-47H,1-2,8-9,11,14-17H2,3-5H3,(H,43,49)/t21-,22-,23-,24-,28-,33+,34?/m0/s1. The number of nitrogens with zero attached hydrogens (tertiary/aromatic N) is 3. The monoisotopic (exact) mass is 882 g/mol. The number of benzene rings is 2. The molecule has 2 amide bonds. The summed E-state index contributed by atoms with van der Waals surface area (Å²) in [6, 6.07) is -0.185. The lowest BCUT2D eigenvalue weighted by atomic mass is 9.79. The highest BCUT2D eigenvalue weighted by Gasteiger charge is 2.60. The number of hydrogen-bond donors (Lipinski definition) is 3. The van der Waals surface area contributed by atoms with Gasteiger partial charge in [0.25, 0.3) is 0 Å². The number of nitriles is 1. The number of carbonyl (C=O) groups is 3. The van der Waals surface area contributed by atoms with E-state index in [1.54, 1.807) is 30.9 Å². The molecule has 2 fully saturated rings. The summed E-state index contributed by atoms with van der Waals surface area (Å²) < 4.78 is 38.3. The van der Waals surface area contributed by atoms with Gasteiger partial charge in [0, 0.05) is 22.4 Å². The van der Waals surface area contributed by atoms with Crippen LogP contribution >= 0.6 is 46.6 Å². The van der Waals surface area contributed by atoms with Crippen LogP contribution in [0.2, 0.25) is 0 Å². The minimum atomic E-state index is -1.92. The molecule has 3 N–H and O–H groups in total. The van der Waals surface area contributed by atoms with E-state index in [0.29, 0.717) is 45.1 Å². The predicted octanol–water partition coefficient (Wildman–Crippen LogP) is 5.29. The molecule has 2 bridgehead atoms. The zero-order valence-electron chi connectivity index (χ0n) is 31.6. The number of halogens is 3. The third-order valence-corrected chi connectivity index (χ3v) is 11.8. The predicted molar refractivity (Wildman–Crippen MR) is 212 cm³/mol. The van der Waals surface area contributed by atoms with Crippen molar-refractivity contribution in [3.63, 3.8) is 0 Å². The van der Waals surface area contributed by atoms with Crippen molar-refractivity contribution in [2.45, 2.75) is 65.7 Å². The van der Waals surface area contributed by atoms with Gasteiger partial charge >= 0.3 is 18.2 Å². The summed E-state index contributed by atoms with van der Waals surface area (Å²) >= 11 is 18.4. The average molecular weight is 884 g/mol. The van der Waals surface area contributed by atoms with Gasteiger partial charge in [0.05, 0.1) is 36.6 Å². The number of piperazine rings is 1.